The molecule has 2 aromatic carbocycles. The first kappa shape index (κ1) is 19.2. The van der Waals surface area contributed by atoms with Crippen LogP contribution in [0.2, 0.25) is 0 Å². The van der Waals surface area contributed by atoms with Crippen LogP contribution in [-0.2, 0) is 6.54 Å². The lowest BCUT2D eigenvalue weighted by Crippen LogP contribution is -2.44. The number of benzene rings is 2. The van der Waals surface area contributed by atoms with Gasteiger partial charge in [-0.3, -0.25) is 4.99 Å². The zero-order chi connectivity index (χ0) is 19.2. The molecule has 0 amide bonds. The third-order valence-corrected chi connectivity index (χ3v) is 5.24. The second-order valence-corrected chi connectivity index (χ2v) is 7.23. The molecular weight excluding hydrogens is 409 g/mol. The molecule has 1 atom stereocenters. The molecule has 1 unspecified atom stereocenters. The van der Waals surface area contributed by atoms with Gasteiger partial charge in [-0.1, -0.05) is 12.1 Å². The molecule has 0 spiro atoms. The highest BCUT2D eigenvalue weighted by atomic mass is 79.9. The molecule has 2 aromatic rings. The number of aliphatic imine (C=N–C) groups is 1. The van der Waals surface area contributed by atoms with E-state index in [2.05, 4.69) is 42.5 Å². The first-order chi connectivity index (χ1) is 13.1. The van der Waals surface area contributed by atoms with Crippen LogP contribution in [0.25, 0.3) is 0 Å². The fraction of sp³-hybridized carbons (Fsp3) is 0.300. The molecule has 1 aliphatic heterocycles. The van der Waals surface area contributed by atoms with Crippen molar-refractivity contribution in [1.82, 2.24) is 10.6 Å². The predicted molar refractivity (Wildman–Crippen MR) is 109 cm³/mol. The van der Waals surface area contributed by atoms with Crippen LogP contribution in [0.3, 0.4) is 0 Å². The summed E-state index contributed by atoms with van der Waals surface area (Å²) in [5, 5.41) is 15.5. The number of nitrogens with one attached hydrogen (secondary N) is 2. The maximum atomic E-state index is 13.9. The Morgan fingerprint density at radius 3 is 2.93 bits per heavy atom. The van der Waals surface area contributed by atoms with Crippen LogP contribution in [-0.4, -0.2) is 32.1 Å². The van der Waals surface area contributed by atoms with Gasteiger partial charge in [-0.2, -0.15) is 5.26 Å². The summed E-state index contributed by atoms with van der Waals surface area (Å²) < 4.78 is 15.0. The molecule has 140 valence electrons. The van der Waals surface area contributed by atoms with E-state index in [4.69, 9.17) is 5.26 Å². The number of hydrogen-bond donors (Lipinski definition) is 2. The van der Waals surface area contributed by atoms with E-state index < -0.39 is 0 Å². The highest BCUT2D eigenvalue weighted by Crippen LogP contribution is 2.28. The fourth-order valence-corrected chi connectivity index (χ4v) is 3.69. The molecule has 1 aliphatic rings. The largest absolute Gasteiger partial charge is 0.368 e. The Labute approximate surface area is 167 Å². The SMILES string of the molecule is CN=C(NCc1cc(C#N)ccc1F)NC1CCN(c2ccccc2Br)C1. The topological polar surface area (TPSA) is 63.5 Å². The number of nitriles is 1. The minimum Gasteiger partial charge on any atom is -0.368 e. The zero-order valence-corrected chi connectivity index (χ0v) is 16.6. The second-order valence-electron chi connectivity index (χ2n) is 6.37. The lowest BCUT2D eigenvalue weighted by atomic mass is 10.1. The summed E-state index contributed by atoms with van der Waals surface area (Å²) in [6.07, 6.45) is 0.986. The molecule has 2 N–H and O–H groups in total. The van der Waals surface area contributed by atoms with Crippen molar-refractivity contribution < 1.29 is 4.39 Å². The number of guanidine groups is 1. The maximum absolute atomic E-state index is 13.9. The minimum atomic E-state index is -0.335. The Morgan fingerprint density at radius 1 is 1.37 bits per heavy atom. The number of hydrogen-bond acceptors (Lipinski definition) is 3. The summed E-state index contributed by atoms with van der Waals surface area (Å²) in [6, 6.07) is 14.8. The Morgan fingerprint density at radius 2 is 2.19 bits per heavy atom. The van der Waals surface area contributed by atoms with Crippen molar-refractivity contribution in [2.24, 2.45) is 4.99 Å². The van der Waals surface area contributed by atoms with E-state index in [0.29, 0.717) is 17.1 Å². The summed E-state index contributed by atoms with van der Waals surface area (Å²) in [5.41, 5.74) is 2.06. The van der Waals surface area contributed by atoms with E-state index >= 15 is 0 Å². The molecule has 27 heavy (non-hydrogen) atoms. The highest BCUT2D eigenvalue weighted by molar-refractivity contribution is 9.10. The fourth-order valence-electron chi connectivity index (χ4n) is 3.15. The molecular formula is C20H21BrFN5. The first-order valence-electron chi connectivity index (χ1n) is 8.76. The predicted octanol–water partition coefficient (Wildman–Crippen LogP) is 3.40. The van der Waals surface area contributed by atoms with Gasteiger partial charge in [-0.15, -0.1) is 0 Å². The second kappa shape index (κ2) is 8.87. The summed E-state index contributed by atoms with van der Waals surface area (Å²) >= 11 is 3.60. The summed E-state index contributed by atoms with van der Waals surface area (Å²) in [5.74, 6) is 0.286. The normalized spacial score (nSPS) is 16.9. The van der Waals surface area contributed by atoms with Crippen molar-refractivity contribution in [3.8, 4) is 6.07 Å². The van der Waals surface area contributed by atoms with Crippen molar-refractivity contribution in [2.75, 3.05) is 25.0 Å². The summed E-state index contributed by atoms with van der Waals surface area (Å²) in [6.45, 7) is 2.08. The third-order valence-electron chi connectivity index (χ3n) is 4.57. The van der Waals surface area contributed by atoms with E-state index in [0.717, 1.165) is 24.0 Å². The number of para-hydroxylation sites is 1. The van der Waals surface area contributed by atoms with E-state index in [1.54, 1.807) is 13.1 Å². The van der Waals surface area contributed by atoms with Crippen molar-refractivity contribution in [3.05, 3.63) is 63.9 Å². The van der Waals surface area contributed by atoms with E-state index in [-0.39, 0.29) is 18.4 Å². The lowest BCUT2D eigenvalue weighted by molar-refractivity contribution is 0.600. The van der Waals surface area contributed by atoms with Gasteiger partial charge >= 0.3 is 0 Å². The van der Waals surface area contributed by atoms with E-state index in [1.807, 2.05) is 24.3 Å². The lowest BCUT2D eigenvalue weighted by Gasteiger charge is -2.21. The average Bonchev–Trinajstić information content (AvgIpc) is 3.14. The van der Waals surface area contributed by atoms with Gasteiger partial charge in [0.15, 0.2) is 5.96 Å². The van der Waals surface area contributed by atoms with Crippen molar-refractivity contribution in [2.45, 2.75) is 19.0 Å². The van der Waals surface area contributed by atoms with Crippen LogP contribution in [0, 0.1) is 17.1 Å². The van der Waals surface area contributed by atoms with Crippen LogP contribution in [0.1, 0.15) is 17.5 Å². The first-order valence-corrected chi connectivity index (χ1v) is 9.55. The molecule has 1 saturated heterocycles. The molecule has 7 heteroatoms. The van der Waals surface area contributed by atoms with Gasteiger partial charge in [-0.05, 0) is 52.7 Å². The van der Waals surface area contributed by atoms with Gasteiger partial charge in [0.2, 0.25) is 0 Å². The van der Waals surface area contributed by atoms with Crippen molar-refractivity contribution in [1.29, 1.82) is 5.26 Å². The Balaban J connectivity index is 1.57. The molecule has 0 aromatic heterocycles. The molecule has 0 radical (unpaired) electrons. The summed E-state index contributed by atoms with van der Waals surface area (Å²) in [4.78, 5) is 6.56. The molecule has 0 saturated carbocycles. The molecule has 1 fully saturated rings. The number of rotatable bonds is 4. The average molecular weight is 430 g/mol. The van der Waals surface area contributed by atoms with Crippen LogP contribution in [0.5, 0.6) is 0 Å². The smallest absolute Gasteiger partial charge is 0.191 e. The van der Waals surface area contributed by atoms with Crippen LogP contribution >= 0.6 is 15.9 Å². The van der Waals surface area contributed by atoms with Gasteiger partial charge < -0.3 is 15.5 Å². The van der Waals surface area contributed by atoms with Gasteiger partial charge in [0.05, 0.1) is 17.3 Å². The third kappa shape index (κ3) is 4.77. The zero-order valence-electron chi connectivity index (χ0n) is 15.0. The molecule has 0 aliphatic carbocycles. The Hall–Kier alpha value is -2.59. The standard InChI is InChI=1S/C20H21BrFN5/c1-24-20(25-12-15-10-14(11-23)6-7-18(15)22)26-16-8-9-27(13-16)19-5-3-2-4-17(19)21/h2-7,10,16H,8-9,12-13H2,1H3,(H2,24,25,26). The quantitative estimate of drug-likeness (QED) is 0.577. The summed E-state index contributed by atoms with van der Waals surface area (Å²) in [7, 11) is 1.69. The van der Waals surface area contributed by atoms with E-state index in [1.165, 1.54) is 17.8 Å². The molecule has 3 rings (SSSR count). The van der Waals surface area contributed by atoms with Gasteiger partial charge in [-0.25, -0.2) is 4.39 Å². The number of halogens is 2. The van der Waals surface area contributed by atoms with Crippen LogP contribution in [0.15, 0.2) is 51.9 Å². The van der Waals surface area contributed by atoms with Crippen LogP contribution in [0.4, 0.5) is 10.1 Å². The molecule has 0 bridgehead atoms. The van der Waals surface area contributed by atoms with Crippen LogP contribution < -0.4 is 15.5 Å². The van der Waals surface area contributed by atoms with Gasteiger partial charge in [0, 0.05) is 42.8 Å². The number of anilines is 1. The Bertz CT molecular complexity index is 877. The number of nitrogens with zero attached hydrogens (tertiary/aromatic N) is 3. The monoisotopic (exact) mass is 429 g/mol. The maximum Gasteiger partial charge on any atom is 0.191 e. The minimum absolute atomic E-state index is 0.249. The molecule has 5 nitrogen and oxygen atoms in total. The highest BCUT2D eigenvalue weighted by Gasteiger charge is 2.24. The van der Waals surface area contributed by atoms with Gasteiger partial charge in [0.1, 0.15) is 5.82 Å². The Kier molecular flexibility index (Phi) is 6.30. The van der Waals surface area contributed by atoms with Gasteiger partial charge in [0.25, 0.3) is 0 Å². The van der Waals surface area contributed by atoms with Crippen molar-refractivity contribution in [3.63, 3.8) is 0 Å². The molecule has 1 heterocycles. The van der Waals surface area contributed by atoms with E-state index in [9.17, 15) is 4.39 Å². The van der Waals surface area contributed by atoms with Crippen molar-refractivity contribution >= 4 is 27.6 Å².